The quantitative estimate of drug-likeness (QED) is 0.266. The minimum atomic E-state index is -0.486. The Morgan fingerprint density at radius 3 is 2.23 bits per heavy atom. The predicted octanol–water partition coefficient (Wildman–Crippen LogP) is 0.161. The van der Waals surface area contributed by atoms with Gasteiger partial charge in [0.15, 0.2) is 5.82 Å². The van der Waals surface area contributed by atoms with Gasteiger partial charge in [-0.25, -0.2) is 14.6 Å². The van der Waals surface area contributed by atoms with Gasteiger partial charge in [-0.05, 0) is 44.2 Å². The molecular weight excluding hydrogens is 404 g/mol. The van der Waals surface area contributed by atoms with Gasteiger partial charge in [0.2, 0.25) is 5.95 Å². The molecule has 12 heteroatoms. The maximum atomic E-state index is 11.6. The first kappa shape index (κ1) is 20.6. The van der Waals surface area contributed by atoms with Crippen molar-refractivity contribution in [1.82, 2.24) is 35.8 Å². The van der Waals surface area contributed by atoms with Crippen LogP contribution in [0.4, 0.5) is 15.5 Å². The number of aryl methyl sites for hydroxylation is 1. The number of imidazole rings is 1. The highest BCUT2D eigenvalue weighted by Crippen LogP contribution is 2.21. The zero-order valence-electron chi connectivity index (χ0n) is 16.8. The van der Waals surface area contributed by atoms with Gasteiger partial charge >= 0.3 is 12.1 Å². The van der Waals surface area contributed by atoms with Crippen molar-refractivity contribution >= 4 is 29.8 Å². The molecule has 0 aliphatic carbocycles. The lowest BCUT2D eigenvalue weighted by atomic mass is 10.1. The number of carbonyl (C=O) groups is 4. The number of nitrogens with one attached hydrogen (secondary N) is 5. The number of urea groups is 2. The summed E-state index contributed by atoms with van der Waals surface area (Å²) in [7, 11) is 0. The molecule has 31 heavy (non-hydrogen) atoms. The van der Waals surface area contributed by atoms with Gasteiger partial charge in [0, 0.05) is 19.3 Å². The fourth-order valence-corrected chi connectivity index (χ4v) is 3.70. The van der Waals surface area contributed by atoms with Crippen molar-refractivity contribution in [1.29, 1.82) is 0 Å². The Kier molecular flexibility index (Phi) is 5.96. The number of nitrogens with zero attached hydrogens (tertiary/aromatic N) is 3. The summed E-state index contributed by atoms with van der Waals surface area (Å²) in [5, 5.41) is 12.8. The number of unbranched alkanes of at least 4 members (excludes halogenated alkanes) is 1. The van der Waals surface area contributed by atoms with Crippen molar-refractivity contribution in [2.24, 2.45) is 0 Å². The summed E-state index contributed by atoms with van der Waals surface area (Å²) in [4.78, 5) is 54.4. The molecule has 0 aromatic heterocycles. The van der Waals surface area contributed by atoms with Crippen LogP contribution >= 0.6 is 0 Å². The Labute approximate surface area is 177 Å². The van der Waals surface area contributed by atoms with Crippen molar-refractivity contribution in [3.63, 3.8) is 0 Å². The average Bonchev–Trinajstić information content (AvgIpc) is 3.39. The number of carbonyl (C=O) groups excluding carboxylic acids is 4. The van der Waals surface area contributed by atoms with Crippen LogP contribution in [0, 0.1) is 0 Å². The van der Waals surface area contributed by atoms with E-state index in [-0.39, 0.29) is 11.8 Å². The Hall–Kier alpha value is -3.70. The molecule has 0 saturated carbocycles. The number of anilines is 1. The number of amides is 6. The Bertz CT molecular complexity index is 974. The molecule has 2 saturated heterocycles. The van der Waals surface area contributed by atoms with Crippen molar-refractivity contribution in [3.8, 4) is 11.5 Å². The maximum absolute atomic E-state index is 11.6. The molecule has 0 bridgehead atoms. The molecule has 5 N–H and O–H groups in total. The van der Waals surface area contributed by atoms with Crippen LogP contribution in [0.1, 0.15) is 32.1 Å². The van der Waals surface area contributed by atoms with Crippen LogP contribution in [-0.4, -0.2) is 57.0 Å². The summed E-state index contributed by atoms with van der Waals surface area (Å²) in [6.45, 7) is 1.29. The van der Waals surface area contributed by atoms with Gasteiger partial charge < -0.3 is 20.5 Å². The van der Waals surface area contributed by atoms with Gasteiger partial charge in [-0.2, -0.15) is 4.98 Å². The molecule has 0 aromatic rings. The third-order valence-electron chi connectivity index (χ3n) is 5.27. The largest absolute Gasteiger partial charge is 0.354 e. The summed E-state index contributed by atoms with van der Waals surface area (Å²) in [6.07, 6.45) is 5.35. The third-order valence-corrected chi connectivity index (χ3v) is 5.27. The minimum absolute atomic E-state index is 0.270. The molecular formula is C19H24N8O4. The molecule has 2 atom stereocenters. The van der Waals surface area contributed by atoms with E-state index < -0.39 is 24.1 Å². The number of imide groups is 2. The van der Waals surface area contributed by atoms with E-state index in [0.717, 1.165) is 24.4 Å². The lowest BCUT2D eigenvalue weighted by Crippen LogP contribution is -2.29. The smallest absolute Gasteiger partial charge is 0.322 e. The van der Waals surface area contributed by atoms with Crippen LogP contribution in [0.15, 0.2) is 18.3 Å². The molecule has 4 rings (SSSR count). The molecule has 0 unspecified atom stereocenters. The standard InChI is InChI=1S/C19H24N8O4/c28-15-12(22-18(30)25-15)5-1-2-9-27-10-4-7-11-14(27)24-17(21-11)20-8-3-6-13-16(29)26-19(31)23-13/h4,7,10,12-13H,1-3,5-6,8-9H2,(H,20,21)(H2,22,25,28,30)(H2,23,26,29,31)/t12-,13-/m0/s1. The molecule has 4 aliphatic heterocycles. The average molecular weight is 428 g/mol. The fourth-order valence-electron chi connectivity index (χ4n) is 3.70. The van der Waals surface area contributed by atoms with Crippen LogP contribution in [-0.2, 0) is 16.1 Å². The number of hydrogen-bond acceptors (Lipinski definition) is 7. The maximum Gasteiger partial charge on any atom is 0.322 e. The molecule has 2 fully saturated rings. The Morgan fingerprint density at radius 1 is 0.903 bits per heavy atom. The second-order valence-electron chi connectivity index (χ2n) is 7.55. The zero-order valence-corrected chi connectivity index (χ0v) is 16.8. The van der Waals surface area contributed by atoms with E-state index in [9.17, 15) is 19.2 Å². The van der Waals surface area contributed by atoms with E-state index in [0.29, 0.717) is 38.3 Å². The van der Waals surface area contributed by atoms with Gasteiger partial charge in [0.25, 0.3) is 11.8 Å². The molecule has 4 heterocycles. The first-order valence-electron chi connectivity index (χ1n) is 10.3. The fraction of sp³-hybridized carbons (Fsp3) is 0.474. The van der Waals surface area contributed by atoms with Crippen LogP contribution < -0.4 is 26.6 Å². The number of hydrogen-bond donors (Lipinski definition) is 5. The lowest BCUT2D eigenvalue weighted by molar-refractivity contribution is -0.121. The molecule has 0 spiro atoms. The summed E-state index contributed by atoms with van der Waals surface area (Å²) in [5.74, 6) is 0.713. The topological polar surface area (TPSA) is 159 Å². The number of pyridine rings is 1. The van der Waals surface area contributed by atoms with Crippen LogP contribution in [0.5, 0.6) is 0 Å². The number of aromatic nitrogens is 3. The second kappa shape index (κ2) is 8.98. The molecule has 4 aliphatic rings. The molecule has 0 aromatic carbocycles. The second-order valence-corrected chi connectivity index (χ2v) is 7.55. The van der Waals surface area contributed by atoms with Gasteiger partial charge in [-0.3, -0.25) is 20.2 Å². The first-order chi connectivity index (χ1) is 15.0. The highest BCUT2D eigenvalue weighted by Gasteiger charge is 2.29. The third kappa shape index (κ3) is 4.90. The monoisotopic (exact) mass is 428 g/mol. The zero-order chi connectivity index (χ0) is 21.8. The van der Waals surface area contributed by atoms with E-state index in [1.807, 2.05) is 22.9 Å². The van der Waals surface area contributed by atoms with E-state index in [1.54, 1.807) is 0 Å². The first-order valence-corrected chi connectivity index (χ1v) is 10.3. The summed E-state index contributed by atoms with van der Waals surface area (Å²) >= 11 is 0. The van der Waals surface area contributed by atoms with Crippen LogP contribution in [0.3, 0.4) is 0 Å². The molecule has 0 radical (unpaired) electrons. The Morgan fingerprint density at radius 2 is 1.58 bits per heavy atom. The Balaban J connectivity index is 1.24. The van der Waals surface area contributed by atoms with Gasteiger partial charge in [0.1, 0.15) is 17.8 Å². The summed E-state index contributed by atoms with van der Waals surface area (Å²) in [6, 6.07) is 1.98. The van der Waals surface area contributed by atoms with E-state index in [2.05, 4.69) is 36.6 Å². The predicted molar refractivity (Wildman–Crippen MR) is 109 cm³/mol. The van der Waals surface area contributed by atoms with Gasteiger partial charge in [-0.15, -0.1) is 0 Å². The van der Waals surface area contributed by atoms with E-state index >= 15 is 0 Å². The van der Waals surface area contributed by atoms with Crippen LogP contribution in [0.25, 0.3) is 11.5 Å². The minimum Gasteiger partial charge on any atom is -0.354 e. The summed E-state index contributed by atoms with van der Waals surface area (Å²) in [5.41, 5.74) is 0.773. The lowest BCUT2D eigenvalue weighted by Gasteiger charge is -2.11. The number of rotatable bonds is 10. The van der Waals surface area contributed by atoms with E-state index in [1.165, 1.54) is 0 Å². The van der Waals surface area contributed by atoms with Gasteiger partial charge in [0.05, 0.1) is 0 Å². The van der Waals surface area contributed by atoms with Crippen molar-refractivity contribution in [3.05, 3.63) is 18.3 Å². The van der Waals surface area contributed by atoms with Crippen molar-refractivity contribution in [2.75, 3.05) is 11.9 Å². The van der Waals surface area contributed by atoms with Gasteiger partial charge in [-0.1, -0.05) is 0 Å². The molecule has 6 amide bonds. The molecule has 164 valence electrons. The highest BCUT2D eigenvalue weighted by molar-refractivity contribution is 6.04. The van der Waals surface area contributed by atoms with Crippen molar-refractivity contribution in [2.45, 2.75) is 50.7 Å². The molecule has 12 nitrogen and oxygen atoms in total. The van der Waals surface area contributed by atoms with Crippen molar-refractivity contribution < 1.29 is 19.2 Å². The highest BCUT2D eigenvalue weighted by atomic mass is 16.2. The normalized spacial score (nSPS) is 20.5. The SMILES string of the molecule is O=C1NC(=O)[C@H](CCCCn2cccc3nc(NCCC[C@@H]4NC(=O)NC4=O)nc2-3)N1. The summed E-state index contributed by atoms with van der Waals surface area (Å²) < 4.78 is 2.01. The van der Waals surface area contributed by atoms with Crippen LogP contribution in [0.2, 0.25) is 0 Å². The number of fused-ring (bicyclic) bond motifs is 1. The van der Waals surface area contributed by atoms with E-state index in [4.69, 9.17) is 0 Å².